The van der Waals surface area contributed by atoms with Crippen molar-refractivity contribution in [3.05, 3.63) is 59.7 Å². The molecule has 2 rings (SSSR count). The molecule has 0 aliphatic carbocycles. The molecule has 0 bridgehead atoms. The van der Waals surface area contributed by atoms with Gasteiger partial charge in [-0.3, -0.25) is 9.52 Å². The lowest BCUT2D eigenvalue weighted by atomic mass is 10.1. The third-order valence-electron chi connectivity index (χ3n) is 3.04. The molecule has 8 heteroatoms. The Labute approximate surface area is 131 Å². The molecule has 1 N–H and O–H groups in total. The molecule has 0 amide bonds. The zero-order valence-corrected chi connectivity index (χ0v) is 12.7. The van der Waals surface area contributed by atoms with E-state index >= 15 is 0 Å². The molecule has 0 aliphatic rings. The first kappa shape index (κ1) is 17.0. The number of rotatable bonds is 4. The van der Waals surface area contributed by atoms with Crippen LogP contribution in [0.1, 0.15) is 22.8 Å². The first-order chi connectivity index (χ1) is 10.6. The van der Waals surface area contributed by atoms with Gasteiger partial charge in [0.1, 0.15) is 0 Å². The molecule has 0 atom stereocenters. The number of sulfonamides is 1. The van der Waals surface area contributed by atoms with Crippen molar-refractivity contribution in [1.82, 2.24) is 0 Å². The Hall–Kier alpha value is -2.35. The fourth-order valence-electron chi connectivity index (χ4n) is 1.91. The smallest absolute Gasteiger partial charge is 0.294 e. The second-order valence-corrected chi connectivity index (χ2v) is 6.41. The predicted molar refractivity (Wildman–Crippen MR) is 78.7 cm³/mol. The maximum absolute atomic E-state index is 12.5. The van der Waals surface area contributed by atoms with Gasteiger partial charge in [0, 0.05) is 5.56 Å². The van der Waals surface area contributed by atoms with Gasteiger partial charge in [-0.15, -0.1) is 0 Å². The average Bonchev–Trinajstić information content (AvgIpc) is 2.46. The van der Waals surface area contributed by atoms with Gasteiger partial charge in [0.05, 0.1) is 16.1 Å². The Morgan fingerprint density at radius 3 is 2.09 bits per heavy atom. The van der Waals surface area contributed by atoms with E-state index in [0.717, 1.165) is 12.1 Å². The van der Waals surface area contributed by atoms with Gasteiger partial charge >= 0.3 is 6.18 Å². The topological polar surface area (TPSA) is 63.2 Å². The minimum absolute atomic E-state index is 0.0693. The lowest BCUT2D eigenvalue weighted by molar-refractivity contribution is -0.137. The summed E-state index contributed by atoms with van der Waals surface area (Å²) in [5.41, 5.74) is -0.705. The van der Waals surface area contributed by atoms with E-state index in [-0.39, 0.29) is 21.9 Å². The first-order valence-corrected chi connectivity index (χ1v) is 7.89. The number of para-hydroxylation sites is 1. The van der Waals surface area contributed by atoms with Gasteiger partial charge in [-0.1, -0.05) is 12.1 Å². The fourth-order valence-corrected chi connectivity index (χ4v) is 2.99. The Balaban J connectivity index is 2.35. The van der Waals surface area contributed by atoms with Crippen molar-refractivity contribution in [3.8, 4) is 0 Å². The third kappa shape index (κ3) is 3.89. The highest BCUT2D eigenvalue weighted by molar-refractivity contribution is 7.92. The summed E-state index contributed by atoms with van der Waals surface area (Å²) < 4.78 is 64.2. The SMILES string of the molecule is CC(=O)c1ccccc1NS(=O)(=O)c1ccc(C(F)(F)F)cc1. The highest BCUT2D eigenvalue weighted by atomic mass is 32.2. The highest BCUT2D eigenvalue weighted by Gasteiger charge is 2.30. The second kappa shape index (κ2) is 6.04. The van der Waals surface area contributed by atoms with Crippen molar-refractivity contribution in [3.63, 3.8) is 0 Å². The van der Waals surface area contributed by atoms with E-state index in [0.29, 0.717) is 12.1 Å². The summed E-state index contributed by atoms with van der Waals surface area (Å²) >= 11 is 0. The summed E-state index contributed by atoms with van der Waals surface area (Å²) in [5, 5.41) is 0. The molecule has 0 saturated heterocycles. The number of nitrogens with one attached hydrogen (secondary N) is 1. The molecule has 0 saturated carbocycles. The summed E-state index contributed by atoms with van der Waals surface area (Å²) in [6.07, 6.45) is -4.54. The van der Waals surface area contributed by atoms with E-state index in [1.807, 2.05) is 0 Å². The molecule has 0 radical (unpaired) electrons. The number of benzene rings is 2. The predicted octanol–water partition coefficient (Wildman–Crippen LogP) is 3.71. The molecule has 2 aromatic carbocycles. The molecular formula is C15H12F3NO3S. The summed E-state index contributed by atoms with van der Waals surface area (Å²) in [7, 11) is -4.10. The van der Waals surface area contributed by atoms with E-state index in [9.17, 15) is 26.4 Å². The number of anilines is 1. The maximum Gasteiger partial charge on any atom is 0.416 e. The van der Waals surface area contributed by atoms with Gasteiger partial charge in [-0.2, -0.15) is 13.2 Å². The monoisotopic (exact) mass is 343 g/mol. The number of carbonyl (C=O) groups is 1. The normalized spacial score (nSPS) is 12.0. The molecule has 0 aromatic heterocycles. The van der Waals surface area contributed by atoms with Crippen LogP contribution in [0.2, 0.25) is 0 Å². The van der Waals surface area contributed by atoms with Crippen LogP contribution >= 0.6 is 0 Å². The van der Waals surface area contributed by atoms with E-state index < -0.39 is 21.8 Å². The van der Waals surface area contributed by atoms with Crippen LogP contribution in [-0.4, -0.2) is 14.2 Å². The van der Waals surface area contributed by atoms with E-state index in [1.54, 1.807) is 6.07 Å². The molecule has 0 spiro atoms. The quantitative estimate of drug-likeness (QED) is 0.861. The number of Topliss-reactive ketones (excluding diaryl/α,β-unsaturated/α-hetero) is 1. The van der Waals surface area contributed by atoms with Gasteiger partial charge in [0.15, 0.2) is 5.78 Å². The zero-order chi connectivity index (χ0) is 17.3. The molecular weight excluding hydrogens is 331 g/mol. The number of alkyl halides is 3. The fraction of sp³-hybridized carbons (Fsp3) is 0.133. The standard InChI is InChI=1S/C15H12F3NO3S/c1-10(20)13-4-2-3-5-14(13)19-23(21,22)12-8-6-11(7-9-12)15(16,17)18/h2-9,19H,1H3. The average molecular weight is 343 g/mol. The number of carbonyl (C=O) groups excluding carboxylic acids is 1. The second-order valence-electron chi connectivity index (χ2n) is 4.73. The molecule has 2 aromatic rings. The highest BCUT2D eigenvalue weighted by Crippen LogP contribution is 2.30. The van der Waals surface area contributed by atoms with Crippen molar-refractivity contribution in [2.45, 2.75) is 18.0 Å². The lowest BCUT2D eigenvalue weighted by Crippen LogP contribution is -2.15. The Morgan fingerprint density at radius 2 is 1.57 bits per heavy atom. The van der Waals surface area contributed by atoms with Crippen molar-refractivity contribution in [1.29, 1.82) is 0 Å². The number of hydrogen-bond acceptors (Lipinski definition) is 3. The van der Waals surface area contributed by atoms with Gasteiger partial charge in [-0.05, 0) is 43.3 Å². The lowest BCUT2D eigenvalue weighted by Gasteiger charge is -2.12. The van der Waals surface area contributed by atoms with Gasteiger partial charge in [0.25, 0.3) is 10.0 Å². The first-order valence-electron chi connectivity index (χ1n) is 6.41. The minimum atomic E-state index is -4.54. The third-order valence-corrected chi connectivity index (χ3v) is 4.42. The molecule has 0 aliphatic heterocycles. The maximum atomic E-state index is 12.5. The van der Waals surface area contributed by atoms with Crippen LogP contribution in [0.4, 0.5) is 18.9 Å². The van der Waals surface area contributed by atoms with Crippen LogP contribution in [-0.2, 0) is 16.2 Å². The Bertz CT molecular complexity index is 828. The minimum Gasteiger partial charge on any atom is -0.294 e. The van der Waals surface area contributed by atoms with Crippen molar-refractivity contribution in [2.24, 2.45) is 0 Å². The molecule has 23 heavy (non-hydrogen) atoms. The van der Waals surface area contributed by atoms with Crippen molar-refractivity contribution in [2.75, 3.05) is 4.72 Å². The summed E-state index contributed by atoms with van der Waals surface area (Å²) in [6.45, 7) is 1.28. The van der Waals surface area contributed by atoms with E-state index in [4.69, 9.17) is 0 Å². The molecule has 122 valence electrons. The van der Waals surface area contributed by atoms with Crippen LogP contribution in [0.25, 0.3) is 0 Å². The van der Waals surface area contributed by atoms with Crippen LogP contribution in [0.3, 0.4) is 0 Å². The Kier molecular flexibility index (Phi) is 4.46. The van der Waals surface area contributed by atoms with Crippen LogP contribution in [0.5, 0.6) is 0 Å². The van der Waals surface area contributed by atoms with Gasteiger partial charge in [-0.25, -0.2) is 8.42 Å². The van der Waals surface area contributed by atoms with Gasteiger partial charge < -0.3 is 0 Å². The largest absolute Gasteiger partial charge is 0.416 e. The summed E-state index contributed by atoms with van der Waals surface area (Å²) in [6, 6.07) is 9.06. The molecule has 0 heterocycles. The zero-order valence-electron chi connectivity index (χ0n) is 11.9. The number of hydrogen-bond donors (Lipinski definition) is 1. The number of halogens is 3. The summed E-state index contributed by atoms with van der Waals surface area (Å²) in [5.74, 6) is -0.337. The van der Waals surface area contributed by atoms with Crippen molar-refractivity contribution < 1.29 is 26.4 Å². The molecule has 0 fully saturated rings. The molecule has 4 nitrogen and oxygen atoms in total. The van der Waals surface area contributed by atoms with E-state index in [2.05, 4.69) is 4.72 Å². The van der Waals surface area contributed by atoms with Crippen LogP contribution in [0.15, 0.2) is 53.4 Å². The van der Waals surface area contributed by atoms with Crippen LogP contribution in [0, 0.1) is 0 Å². The Morgan fingerprint density at radius 1 is 1.00 bits per heavy atom. The van der Waals surface area contributed by atoms with Crippen LogP contribution < -0.4 is 4.72 Å². The van der Waals surface area contributed by atoms with E-state index in [1.165, 1.54) is 25.1 Å². The molecule has 0 unspecified atom stereocenters. The van der Waals surface area contributed by atoms with Crippen molar-refractivity contribution >= 4 is 21.5 Å². The number of ketones is 1. The van der Waals surface area contributed by atoms with Gasteiger partial charge in [0.2, 0.25) is 0 Å². The summed E-state index contributed by atoms with van der Waals surface area (Å²) in [4.78, 5) is 11.2.